The zero-order valence-electron chi connectivity index (χ0n) is 58.2. The van der Waals surface area contributed by atoms with Gasteiger partial charge in [0.1, 0.15) is 43.5 Å². The number of esters is 7. The van der Waals surface area contributed by atoms with E-state index in [1.54, 1.807) is 6.07 Å². The van der Waals surface area contributed by atoms with Crippen LogP contribution in [-0.4, -0.2) is 113 Å². The average molecular weight is 1290 g/mol. The van der Waals surface area contributed by atoms with E-state index in [1.807, 2.05) is 53.7 Å². The van der Waals surface area contributed by atoms with Crippen molar-refractivity contribution in [2.24, 2.45) is 0 Å². The Hall–Kier alpha value is -5.81. The Morgan fingerprint density at radius 1 is 0.587 bits per heavy atom. The van der Waals surface area contributed by atoms with Crippen LogP contribution in [0.1, 0.15) is 290 Å². The van der Waals surface area contributed by atoms with E-state index >= 15 is 0 Å². The number of nitrogens with zero attached hydrogens (tertiary/aromatic N) is 1. The Morgan fingerprint density at radius 3 is 1.60 bits per heavy atom. The third-order valence-corrected chi connectivity index (χ3v) is 17.6. The summed E-state index contributed by atoms with van der Waals surface area (Å²) >= 11 is 0. The number of methoxy groups -OCH3 is 1. The standard InChI is InChI=1S/C75H117NO16/c1-10-12-14-16-18-20-22-24-26-28-30-32-34-36-64(77)87-53-60(54-88-65(78)37-35-33-31-29-27-25-23-21-19-17-15-13-11-2)90-67(80)42-43-68(81)91-63-51-57(4)50-58(5)71(63)75(7,8)52-69(82)92-73-61(72(84-9)59(6)62-55-89-74(83)70(62)73)40-38-56(3)39-41-66(79)86-49-46-76-44-47-85-48-45-76/h38,50-51,60H,10-37,39-49,52-55H2,1-9H3/b56-38+. The minimum Gasteiger partial charge on any atom is -0.496 e. The molecule has 0 N–H and O–H groups in total. The molecule has 0 aromatic heterocycles. The number of benzene rings is 2. The van der Waals surface area contributed by atoms with Gasteiger partial charge in [-0.3, -0.25) is 33.7 Å². The first kappa shape index (κ1) is 78.6. The van der Waals surface area contributed by atoms with Crippen LogP contribution in [0, 0.1) is 20.8 Å². The van der Waals surface area contributed by atoms with E-state index in [1.165, 1.54) is 123 Å². The van der Waals surface area contributed by atoms with Gasteiger partial charge >= 0.3 is 41.8 Å². The number of rotatable bonds is 50. The van der Waals surface area contributed by atoms with Crippen molar-refractivity contribution < 1.29 is 76.2 Å². The summed E-state index contributed by atoms with van der Waals surface area (Å²) in [7, 11) is 1.51. The summed E-state index contributed by atoms with van der Waals surface area (Å²) in [6, 6.07) is 3.62. The lowest BCUT2D eigenvalue weighted by Gasteiger charge is -2.29. The molecule has 2 heterocycles. The number of carbonyl (C=O) groups is 7. The average Bonchev–Trinajstić information content (AvgIpc) is 1.50. The van der Waals surface area contributed by atoms with Crippen LogP contribution in [0.5, 0.6) is 17.2 Å². The Kier molecular flexibility index (Phi) is 38.9. The van der Waals surface area contributed by atoms with Gasteiger partial charge < -0.3 is 42.6 Å². The van der Waals surface area contributed by atoms with Gasteiger partial charge in [0.15, 0.2) is 11.9 Å². The van der Waals surface area contributed by atoms with Gasteiger partial charge in [-0.15, -0.1) is 0 Å². The molecule has 0 bridgehead atoms. The number of cyclic esters (lactones) is 1. The summed E-state index contributed by atoms with van der Waals surface area (Å²) in [5, 5.41) is 0. The number of unbranched alkanes of at least 4 members (excludes halogenated alkanes) is 24. The Balaban J connectivity index is 1.35. The molecule has 518 valence electrons. The van der Waals surface area contributed by atoms with E-state index in [-0.39, 0.29) is 87.8 Å². The molecule has 0 spiro atoms. The number of fused-ring (bicyclic) bond motifs is 1. The molecule has 0 amide bonds. The first-order valence-electron chi connectivity index (χ1n) is 35.4. The van der Waals surface area contributed by atoms with Crippen LogP contribution in [-0.2, 0) is 75.6 Å². The fraction of sp³-hybridized carbons (Fsp3) is 0.720. The van der Waals surface area contributed by atoms with Gasteiger partial charge in [0.2, 0.25) is 0 Å². The summed E-state index contributed by atoms with van der Waals surface area (Å²) in [5.41, 5.74) is 3.80. The van der Waals surface area contributed by atoms with Crippen molar-refractivity contribution in [3.63, 3.8) is 0 Å². The van der Waals surface area contributed by atoms with E-state index < -0.39 is 47.3 Å². The van der Waals surface area contributed by atoms with Gasteiger partial charge in [-0.25, -0.2) is 4.79 Å². The monoisotopic (exact) mass is 1290 g/mol. The lowest BCUT2D eigenvalue weighted by atomic mass is 9.78. The molecule has 17 heteroatoms. The van der Waals surface area contributed by atoms with E-state index in [0.29, 0.717) is 73.6 Å². The number of carbonyl (C=O) groups excluding carboxylic acids is 7. The molecular weight excluding hydrogens is 1170 g/mol. The molecule has 2 aliphatic heterocycles. The van der Waals surface area contributed by atoms with Crippen molar-refractivity contribution in [3.05, 3.63) is 62.7 Å². The van der Waals surface area contributed by atoms with Crippen LogP contribution in [0.25, 0.3) is 0 Å². The van der Waals surface area contributed by atoms with Crippen molar-refractivity contribution in [2.75, 3.05) is 59.8 Å². The van der Waals surface area contributed by atoms with Crippen LogP contribution in [0.4, 0.5) is 0 Å². The lowest BCUT2D eigenvalue weighted by Crippen LogP contribution is -2.38. The molecular formula is C75H117NO16. The highest BCUT2D eigenvalue weighted by molar-refractivity contribution is 5.99. The van der Waals surface area contributed by atoms with Crippen molar-refractivity contribution in [1.29, 1.82) is 0 Å². The maximum Gasteiger partial charge on any atom is 0.342 e. The fourth-order valence-corrected chi connectivity index (χ4v) is 12.3. The maximum atomic E-state index is 14.4. The number of hydrogen-bond acceptors (Lipinski definition) is 17. The van der Waals surface area contributed by atoms with Gasteiger partial charge in [-0.1, -0.05) is 200 Å². The summed E-state index contributed by atoms with van der Waals surface area (Å²) < 4.78 is 51.5. The largest absolute Gasteiger partial charge is 0.496 e. The quantitative estimate of drug-likeness (QED) is 0.0198. The summed E-state index contributed by atoms with van der Waals surface area (Å²) in [6.07, 6.45) is 31.9. The first-order valence-corrected chi connectivity index (χ1v) is 35.4. The van der Waals surface area contributed by atoms with Crippen LogP contribution in [0.15, 0.2) is 23.8 Å². The minimum absolute atomic E-state index is 0.0190. The highest BCUT2D eigenvalue weighted by atomic mass is 16.6. The second-order valence-corrected chi connectivity index (χ2v) is 26.3. The Labute approximate surface area is 552 Å². The maximum absolute atomic E-state index is 14.4. The van der Waals surface area contributed by atoms with Crippen molar-refractivity contribution in [1.82, 2.24) is 4.90 Å². The van der Waals surface area contributed by atoms with Gasteiger partial charge in [-0.2, -0.15) is 0 Å². The molecule has 2 aromatic rings. The molecule has 17 nitrogen and oxygen atoms in total. The Bertz CT molecular complexity index is 2550. The molecule has 1 fully saturated rings. The molecule has 0 unspecified atom stereocenters. The normalized spacial score (nSPS) is 13.4. The van der Waals surface area contributed by atoms with E-state index in [4.69, 9.17) is 42.6 Å². The van der Waals surface area contributed by atoms with Crippen LogP contribution < -0.4 is 14.2 Å². The van der Waals surface area contributed by atoms with Crippen LogP contribution in [0.3, 0.4) is 0 Å². The third kappa shape index (κ3) is 31.0. The zero-order valence-corrected chi connectivity index (χ0v) is 58.2. The third-order valence-electron chi connectivity index (χ3n) is 17.6. The summed E-state index contributed by atoms with van der Waals surface area (Å²) in [6.45, 7) is 18.8. The Morgan fingerprint density at radius 2 is 1.08 bits per heavy atom. The summed E-state index contributed by atoms with van der Waals surface area (Å²) in [4.78, 5) is 95.7. The molecule has 4 rings (SSSR count). The smallest absolute Gasteiger partial charge is 0.342 e. The van der Waals surface area contributed by atoms with E-state index in [9.17, 15) is 33.6 Å². The van der Waals surface area contributed by atoms with Gasteiger partial charge in [0.25, 0.3) is 0 Å². The molecule has 0 aliphatic carbocycles. The van der Waals surface area contributed by atoms with E-state index in [2.05, 4.69) is 18.7 Å². The molecule has 92 heavy (non-hydrogen) atoms. The van der Waals surface area contributed by atoms with Crippen molar-refractivity contribution in [2.45, 2.75) is 292 Å². The molecule has 0 saturated carbocycles. The number of ether oxygens (including phenoxy) is 9. The summed E-state index contributed by atoms with van der Waals surface area (Å²) in [5.74, 6) is -3.27. The predicted molar refractivity (Wildman–Crippen MR) is 358 cm³/mol. The van der Waals surface area contributed by atoms with E-state index in [0.717, 1.165) is 68.3 Å². The first-order chi connectivity index (χ1) is 44.4. The molecule has 2 aromatic carbocycles. The highest BCUT2D eigenvalue weighted by Crippen LogP contribution is 2.44. The SMILES string of the molecule is CCCCCCCCCCCCCCCC(=O)OCC(COC(=O)CCCCCCCCCCCCCCC)OC(=O)CCC(=O)Oc1cc(C)cc(C)c1C(C)(C)CC(=O)Oc1c(C/C=C(\C)CCC(=O)OCCN2CCOCC2)c(OC)c(C)c2c1C(=O)OC2. The number of allylic oxidation sites excluding steroid dienone is 2. The number of aryl methyl sites for hydroxylation is 2. The zero-order chi connectivity index (χ0) is 66.9. The molecule has 0 atom stereocenters. The molecule has 1 saturated heterocycles. The predicted octanol–water partition coefficient (Wildman–Crippen LogP) is 16.4. The second-order valence-electron chi connectivity index (χ2n) is 26.3. The molecule has 2 aliphatic rings. The van der Waals surface area contributed by atoms with Crippen LogP contribution in [0.2, 0.25) is 0 Å². The lowest BCUT2D eigenvalue weighted by molar-refractivity contribution is -0.167. The topological polar surface area (TPSA) is 206 Å². The number of hydrogen-bond donors (Lipinski definition) is 0. The van der Waals surface area contributed by atoms with Crippen molar-refractivity contribution >= 4 is 41.8 Å². The van der Waals surface area contributed by atoms with Crippen molar-refractivity contribution in [3.8, 4) is 17.2 Å². The second kappa shape index (κ2) is 45.5. The van der Waals surface area contributed by atoms with Crippen LogP contribution >= 0.6 is 0 Å². The fourth-order valence-electron chi connectivity index (χ4n) is 12.3. The van der Waals surface area contributed by atoms with Gasteiger partial charge in [0.05, 0.1) is 39.6 Å². The minimum atomic E-state index is -1.08. The molecule has 0 radical (unpaired) electrons. The van der Waals surface area contributed by atoms with Gasteiger partial charge in [0, 0.05) is 61.0 Å². The van der Waals surface area contributed by atoms with Gasteiger partial charge in [-0.05, 0) is 76.1 Å². The number of morpholine rings is 1. The highest BCUT2D eigenvalue weighted by Gasteiger charge is 2.37.